The fourth-order valence-electron chi connectivity index (χ4n) is 3.57. The molecule has 1 aliphatic rings. The second-order valence-corrected chi connectivity index (χ2v) is 8.26. The maximum Gasteiger partial charge on any atom is 0.303 e. The zero-order valence-electron chi connectivity index (χ0n) is 15.7. The van der Waals surface area contributed by atoms with Crippen molar-refractivity contribution in [2.75, 3.05) is 19.0 Å². The Balaban J connectivity index is 2.38. The van der Waals surface area contributed by atoms with Gasteiger partial charge in [-0.25, -0.2) is 0 Å². The summed E-state index contributed by atoms with van der Waals surface area (Å²) in [4.78, 5) is 21.9. The monoisotopic (exact) mass is 390 g/mol. The number of carboxylic acid groups (broad SMARTS) is 1. The molecule has 3 unspecified atom stereocenters. The van der Waals surface area contributed by atoms with Crippen LogP contribution in [0.15, 0.2) is 0 Å². The molecule has 0 aliphatic heterocycles. The van der Waals surface area contributed by atoms with Gasteiger partial charge in [-0.05, 0) is 38.5 Å². The van der Waals surface area contributed by atoms with Crippen molar-refractivity contribution in [2.45, 2.75) is 75.7 Å². The molecule has 0 aromatic heterocycles. The minimum atomic E-state index is -0.760. The van der Waals surface area contributed by atoms with E-state index in [0.717, 1.165) is 32.0 Å². The van der Waals surface area contributed by atoms with Crippen LogP contribution in [0.2, 0.25) is 0 Å². The summed E-state index contributed by atoms with van der Waals surface area (Å²) in [6, 6.07) is 0. The third-order valence-corrected chi connectivity index (χ3v) is 6.62. The molecule has 0 aromatic rings. The zero-order chi connectivity index (χ0) is 19.4. The molecule has 6 nitrogen and oxygen atoms in total. The molecule has 0 radical (unpaired) electrons. The predicted molar refractivity (Wildman–Crippen MR) is 102 cm³/mol. The molecule has 7 heteroatoms. The number of thioether (sulfide) groups is 1. The van der Waals surface area contributed by atoms with E-state index in [-0.39, 0.29) is 23.5 Å². The molecule has 0 amide bonds. The lowest BCUT2D eigenvalue weighted by atomic mass is 9.91. The third-order valence-electron chi connectivity index (χ3n) is 5.00. The van der Waals surface area contributed by atoms with Gasteiger partial charge in [-0.1, -0.05) is 19.3 Å². The molecule has 1 fully saturated rings. The Morgan fingerprint density at radius 1 is 1.31 bits per heavy atom. The molecule has 3 N–H and O–H groups in total. The van der Waals surface area contributed by atoms with E-state index in [9.17, 15) is 19.8 Å². The molecule has 26 heavy (non-hydrogen) atoms. The fraction of sp³-hybridized carbons (Fsp3) is 0.895. The Morgan fingerprint density at radius 3 is 2.69 bits per heavy atom. The first-order valence-electron chi connectivity index (χ1n) is 9.72. The van der Waals surface area contributed by atoms with Crippen LogP contribution >= 0.6 is 11.8 Å². The van der Waals surface area contributed by atoms with Crippen molar-refractivity contribution in [3.05, 3.63) is 0 Å². The van der Waals surface area contributed by atoms with Crippen LogP contribution in [-0.2, 0) is 14.3 Å². The summed E-state index contributed by atoms with van der Waals surface area (Å²) in [6.45, 7) is 3.08. The van der Waals surface area contributed by atoms with Gasteiger partial charge in [0.15, 0.2) is 0 Å². The lowest BCUT2D eigenvalue weighted by molar-refractivity contribution is -0.137. The van der Waals surface area contributed by atoms with Gasteiger partial charge in [0.25, 0.3) is 0 Å². The molecule has 1 aliphatic carbocycles. The lowest BCUT2D eigenvalue weighted by Crippen LogP contribution is -2.26. The molecule has 0 spiro atoms. The van der Waals surface area contributed by atoms with Crippen molar-refractivity contribution in [3.63, 3.8) is 0 Å². The highest BCUT2D eigenvalue weighted by Gasteiger charge is 2.42. The van der Waals surface area contributed by atoms with Crippen molar-refractivity contribution < 1.29 is 29.6 Å². The molecule has 152 valence electrons. The van der Waals surface area contributed by atoms with Gasteiger partial charge < -0.3 is 24.9 Å². The van der Waals surface area contributed by atoms with Gasteiger partial charge >= 0.3 is 5.97 Å². The standard InChI is InChI=1S/C19H34O6S/c1-2-25-10-9-15(21)13-26-19-16(14(12-20)11-17(19)22)7-5-3-4-6-8-18(23)24/h12,14-17,19,21-22H,2-11,13H2,1H3,(H,23,24)/t14?,15?,16-,17?,19+/m0/s1. The smallest absolute Gasteiger partial charge is 0.303 e. The number of rotatable bonds is 15. The highest BCUT2D eigenvalue weighted by atomic mass is 32.2. The second kappa shape index (κ2) is 13.5. The van der Waals surface area contributed by atoms with Gasteiger partial charge in [-0.15, -0.1) is 0 Å². The van der Waals surface area contributed by atoms with E-state index < -0.39 is 18.2 Å². The summed E-state index contributed by atoms with van der Waals surface area (Å²) in [5, 5.41) is 29.0. The number of carbonyl (C=O) groups excluding carboxylic acids is 1. The number of aldehydes is 1. The van der Waals surface area contributed by atoms with E-state index in [1.807, 2.05) is 6.92 Å². The minimum absolute atomic E-state index is 0.0223. The molecule has 0 saturated heterocycles. The normalized spacial score (nSPS) is 26.7. The van der Waals surface area contributed by atoms with Gasteiger partial charge in [-0.2, -0.15) is 11.8 Å². The van der Waals surface area contributed by atoms with Gasteiger partial charge in [0.1, 0.15) is 6.29 Å². The van der Waals surface area contributed by atoms with Gasteiger partial charge in [0, 0.05) is 36.6 Å². The Bertz CT molecular complexity index is 405. The first-order valence-corrected chi connectivity index (χ1v) is 10.8. The van der Waals surface area contributed by atoms with Crippen LogP contribution in [0.3, 0.4) is 0 Å². The number of aliphatic hydroxyl groups excluding tert-OH is 2. The summed E-state index contributed by atoms with van der Waals surface area (Å²) in [7, 11) is 0. The first-order chi connectivity index (χ1) is 12.5. The first kappa shape index (κ1) is 23.4. The lowest BCUT2D eigenvalue weighted by Gasteiger charge is -2.24. The van der Waals surface area contributed by atoms with Crippen LogP contribution in [0.25, 0.3) is 0 Å². The van der Waals surface area contributed by atoms with Crippen molar-refractivity contribution in [1.82, 2.24) is 0 Å². The summed E-state index contributed by atoms with van der Waals surface area (Å²) in [6.07, 6.45) is 5.57. The van der Waals surface area contributed by atoms with Crippen molar-refractivity contribution in [1.29, 1.82) is 0 Å². The average Bonchev–Trinajstić information content (AvgIpc) is 2.91. The van der Waals surface area contributed by atoms with Crippen LogP contribution in [0.1, 0.15) is 58.3 Å². The molecule has 0 bridgehead atoms. The number of carboxylic acids is 1. The predicted octanol–water partition coefficient (Wildman–Crippen LogP) is 2.50. The highest BCUT2D eigenvalue weighted by Crippen LogP contribution is 2.42. The summed E-state index contributed by atoms with van der Waals surface area (Å²) < 4.78 is 5.25. The van der Waals surface area contributed by atoms with Crippen LogP contribution in [0.4, 0.5) is 0 Å². The van der Waals surface area contributed by atoms with Crippen LogP contribution < -0.4 is 0 Å². The molecular weight excluding hydrogens is 356 g/mol. The van der Waals surface area contributed by atoms with E-state index in [2.05, 4.69) is 0 Å². The summed E-state index contributed by atoms with van der Waals surface area (Å²) in [5.74, 6) is -0.215. The largest absolute Gasteiger partial charge is 0.481 e. The SMILES string of the molecule is CCOCCC(O)CS[C@H]1C(O)CC(C=O)[C@@H]1CCCCCCC(=O)O. The van der Waals surface area contributed by atoms with Gasteiger partial charge in [0.2, 0.25) is 0 Å². The molecule has 0 aromatic carbocycles. The third kappa shape index (κ3) is 8.84. The molecule has 5 atom stereocenters. The zero-order valence-corrected chi connectivity index (χ0v) is 16.5. The summed E-state index contributed by atoms with van der Waals surface area (Å²) in [5.41, 5.74) is 0. The Labute approximate surface area is 160 Å². The van der Waals surface area contributed by atoms with Crippen molar-refractivity contribution in [2.24, 2.45) is 11.8 Å². The Kier molecular flexibility index (Phi) is 12.2. The Hall–Kier alpha value is -0.630. The number of hydrogen-bond donors (Lipinski definition) is 3. The van der Waals surface area contributed by atoms with Crippen LogP contribution in [0.5, 0.6) is 0 Å². The van der Waals surface area contributed by atoms with Gasteiger partial charge in [0.05, 0.1) is 12.2 Å². The number of unbranched alkanes of at least 4 members (excludes halogenated alkanes) is 3. The number of aliphatic hydroxyl groups is 2. The molecular formula is C19H34O6S. The number of aliphatic carboxylic acids is 1. The van der Waals surface area contributed by atoms with Crippen molar-refractivity contribution >= 4 is 24.0 Å². The van der Waals surface area contributed by atoms with Crippen LogP contribution in [0, 0.1) is 11.8 Å². The number of carbonyl (C=O) groups is 2. The quantitative estimate of drug-likeness (QED) is 0.291. The fourth-order valence-corrected chi connectivity index (χ4v) is 5.09. The molecule has 1 saturated carbocycles. The maximum atomic E-state index is 11.4. The van der Waals surface area contributed by atoms with E-state index in [1.165, 1.54) is 0 Å². The van der Waals surface area contributed by atoms with E-state index >= 15 is 0 Å². The van der Waals surface area contributed by atoms with E-state index in [0.29, 0.717) is 38.2 Å². The summed E-state index contributed by atoms with van der Waals surface area (Å²) >= 11 is 1.57. The van der Waals surface area contributed by atoms with Crippen LogP contribution in [-0.4, -0.2) is 64.0 Å². The second-order valence-electron chi connectivity index (χ2n) is 7.05. The van der Waals surface area contributed by atoms with E-state index in [4.69, 9.17) is 9.84 Å². The van der Waals surface area contributed by atoms with Crippen molar-refractivity contribution in [3.8, 4) is 0 Å². The minimum Gasteiger partial charge on any atom is -0.481 e. The average molecular weight is 391 g/mol. The molecule has 0 heterocycles. The molecule has 1 rings (SSSR count). The van der Waals surface area contributed by atoms with E-state index in [1.54, 1.807) is 11.8 Å². The maximum absolute atomic E-state index is 11.4. The highest BCUT2D eigenvalue weighted by molar-refractivity contribution is 8.00. The number of hydrogen-bond acceptors (Lipinski definition) is 6. The number of ether oxygens (including phenoxy) is 1. The topological polar surface area (TPSA) is 104 Å². The Morgan fingerprint density at radius 2 is 2.04 bits per heavy atom. The van der Waals surface area contributed by atoms with Gasteiger partial charge in [-0.3, -0.25) is 4.79 Å².